The van der Waals surface area contributed by atoms with E-state index in [1.165, 1.54) is 0 Å². The van der Waals surface area contributed by atoms with Crippen LogP contribution in [-0.2, 0) is 18.3 Å². The molecule has 2 aromatic rings. The minimum atomic E-state index is 0.671. The van der Waals surface area contributed by atoms with Crippen molar-refractivity contribution in [2.24, 2.45) is 7.05 Å². The first kappa shape index (κ1) is 11.8. The fourth-order valence-electron chi connectivity index (χ4n) is 1.52. The van der Waals surface area contributed by atoms with Gasteiger partial charge >= 0.3 is 0 Å². The van der Waals surface area contributed by atoms with Crippen molar-refractivity contribution >= 4 is 0 Å². The molecule has 0 amide bonds. The topological polar surface area (TPSA) is 65.1 Å². The lowest BCUT2D eigenvalue weighted by Crippen LogP contribution is -2.18. The highest BCUT2D eigenvalue weighted by atomic mass is 16.5. The molecule has 0 saturated carbocycles. The van der Waals surface area contributed by atoms with Gasteiger partial charge in [-0.15, -0.1) is 0 Å². The molecule has 92 valence electrons. The van der Waals surface area contributed by atoms with Crippen LogP contribution in [0.3, 0.4) is 0 Å². The van der Waals surface area contributed by atoms with Crippen molar-refractivity contribution < 1.29 is 9.26 Å². The second kappa shape index (κ2) is 5.60. The van der Waals surface area contributed by atoms with Crippen molar-refractivity contribution in [3.05, 3.63) is 24.0 Å². The Labute approximate surface area is 99.5 Å². The molecule has 0 bridgehead atoms. The average Bonchev–Trinajstić information content (AvgIpc) is 2.93. The highest BCUT2D eigenvalue weighted by Crippen LogP contribution is 2.18. The zero-order valence-electron chi connectivity index (χ0n) is 10.0. The van der Waals surface area contributed by atoms with E-state index in [0.717, 1.165) is 23.7 Å². The van der Waals surface area contributed by atoms with Gasteiger partial charge in [0.2, 0.25) is 0 Å². The van der Waals surface area contributed by atoms with Gasteiger partial charge in [0, 0.05) is 39.5 Å². The number of aryl methyl sites for hydroxylation is 1. The maximum atomic E-state index is 5.26. The molecule has 0 aliphatic heterocycles. The van der Waals surface area contributed by atoms with Crippen molar-refractivity contribution in [3.63, 3.8) is 0 Å². The summed E-state index contributed by atoms with van der Waals surface area (Å²) in [4.78, 5) is 0. The summed E-state index contributed by atoms with van der Waals surface area (Å²) in [6.45, 7) is 2.15. The van der Waals surface area contributed by atoms with Crippen LogP contribution in [0.15, 0.2) is 22.9 Å². The van der Waals surface area contributed by atoms with E-state index in [2.05, 4.69) is 15.6 Å². The van der Waals surface area contributed by atoms with Gasteiger partial charge in [-0.3, -0.25) is 4.68 Å². The minimum absolute atomic E-state index is 0.671. The van der Waals surface area contributed by atoms with E-state index >= 15 is 0 Å². The quantitative estimate of drug-likeness (QED) is 0.752. The molecule has 0 aliphatic rings. The molecule has 0 fully saturated rings. The highest BCUT2D eigenvalue weighted by molar-refractivity contribution is 5.51. The van der Waals surface area contributed by atoms with Crippen molar-refractivity contribution in [2.45, 2.75) is 6.54 Å². The van der Waals surface area contributed by atoms with Crippen molar-refractivity contribution in [1.82, 2.24) is 20.3 Å². The van der Waals surface area contributed by atoms with E-state index in [4.69, 9.17) is 9.26 Å². The Morgan fingerprint density at radius 3 is 3.12 bits per heavy atom. The summed E-state index contributed by atoms with van der Waals surface area (Å²) in [7, 11) is 3.55. The highest BCUT2D eigenvalue weighted by Gasteiger charge is 2.09. The molecule has 6 heteroatoms. The lowest BCUT2D eigenvalue weighted by molar-refractivity contribution is 0.199. The molecule has 2 rings (SSSR count). The molecular formula is C11H16N4O2. The molecule has 0 radical (unpaired) electrons. The van der Waals surface area contributed by atoms with Crippen LogP contribution in [0.25, 0.3) is 11.5 Å². The van der Waals surface area contributed by atoms with Crippen LogP contribution in [0, 0.1) is 0 Å². The van der Waals surface area contributed by atoms with E-state index in [0.29, 0.717) is 13.2 Å². The summed E-state index contributed by atoms with van der Waals surface area (Å²) >= 11 is 0. The standard InChI is InChI=1S/C11H16N4O2/c1-15-10(3-4-13-15)11-7-9(14-17-11)8-12-5-6-16-2/h3-4,7,12H,5-6,8H2,1-2H3. The lowest BCUT2D eigenvalue weighted by Gasteiger charge is -1.99. The van der Waals surface area contributed by atoms with Gasteiger partial charge in [0.15, 0.2) is 5.76 Å². The fraction of sp³-hybridized carbons (Fsp3) is 0.455. The van der Waals surface area contributed by atoms with E-state index in [1.54, 1.807) is 18.0 Å². The summed E-state index contributed by atoms with van der Waals surface area (Å²) in [5, 5.41) is 11.3. The molecule has 0 atom stereocenters. The van der Waals surface area contributed by atoms with Crippen LogP contribution < -0.4 is 5.32 Å². The number of ether oxygens (including phenoxy) is 1. The number of hydrogen-bond donors (Lipinski definition) is 1. The first-order valence-corrected chi connectivity index (χ1v) is 5.45. The van der Waals surface area contributed by atoms with Crippen molar-refractivity contribution in [1.29, 1.82) is 0 Å². The lowest BCUT2D eigenvalue weighted by atomic mass is 10.3. The van der Waals surface area contributed by atoms with E-state index in [-0.39, 0.29) is 0 Å². The first-order chi connectivity index (χ1) is 8.31. The van der Waals surface area contributed by atoms with Gasteiger partial charge in [0.1, 0.15) is 5.69 Å². The first-order valence-electron chi connectivity index (χ1n) is 5.45. The summed E-state index contributed by atoms with van der Waals surface area (Å²) in [6, 6.07) is 3.81. The van der Waals surface area contributed by atoms with Crippen molar-refractivity contribution in [3.8, 4) is 11.5 Å². The van der Waals surface area contributed by atoms with Gasteiger partial charge < -0.3 is 14.6 Å². The van der Waals surface area contributed by atoms with Crippen LogP contribution in [-0.4, -0.2) is 35.2 Å². The average molecular weight is 236 g/mol. The second-order valence-corrected chi connectivity index (χ2v) is 3.69. The summed E-state index contributed by atoms with van der Waals surface area (Å²) in [5.74, 6) is 0.730. The summed E-state index contributed by atoms with van der Waals surface area (Å²) < 4.78 is 12.0. The van der Waals surface area contributed by atoms with Crippen LogP contribution in [0.2, 0.25) is 0 Å². The second-order valence-electron chi connectivity index (χ2n) is 3.69. The molecule has 0 aliphatic carbocycles. The minimum Gasteiger partial charge on any atom is -0.383 e. The van der Waals surface area contributed by atoms with Gasteiger partial charge in [-0.1, -0.05) is 5.16 Å². The van der Waals surface area contributed by atoms with Gasteiger partial charge in [-0.25, -0.2) is 0 Å². The predicted octanol–water partition coefficient (Wildman–Crippen LogP) is 0.811. The van der Waals surface area contributed by atoms with Gasteiger partial charge in [-0.05, 0) is 6.07 Å². The maximum absolute atomic E-state index is 5.26. The predicted molar refractivity (Wildman–Crippen MR) is 62.3 cm³/mol. The Morgan fingerprint density at radius 1 is 1.53 bits per heavy atom. The maximum Gasteiger partial charge on any atom is 0.185 e. The third-order valence-corrected chi connectivity index (χ3v) is 2.42. The Morgan fingerprint density at radius 2 is 2.41 bits per heavy atom. The molecule has 6 nitrogen and oxygen atoms in total. The van der Waals surface area contributed by atoms with Crippen LogP contribution in [0.1, 0.15) is 5.69 Å². The Hall–Kier alpha value is -1.66. The van der Waals surface area contributed by atoms with Crippen molar-refractivity contribution in [2.75, 3.05) is 20.3 Å². The third-order valence-electron chi connectivity index (χ3n) is 2.42. The molecule has 17 heavy (non-hydrogen) atoms. The molecule has 0 aromatic carbocycles. The zero-order chi connectivity index (χ0) is 12.1. The number of rotatable bonds is 6. The molecular weight excluding hydrogens is 220 g/mol. The largest absolute Gasteiger partial charge is 0.383 e. The molecule has 1 N–H and O–H groups in total. The van der Waals surface area contributed by atoms with Gasteiger partial charge in [-0.2, -0.15) is 5.10 Å². The Kier molecular flexibility index (Phi) is 3.89. The van der Waals surface area contributed by atoms with E-state index in [9.17, 15) is 0 Å². The molecule has 0 saturated heterocycles. The van der Waals surface area contributed by atoms with E-state index in [1.807, 2.05) is 19.2 Å². The fourth-order valence-corrected chi connectivity index (χ4v) is 1.52. The number of methoxy groups -OCH3 is 1. The van der Waals surface area contributed by atoms with Gasteiger partial charge in [0.05, 0.1) is 12.3 Å². The van der Waals surface area contributed by atoms with Crippen LogP contribution in [0.4, 0.5) is 0 Å². The smallest absolute Gasteiger partial charge is 0.185 e. The normalized spacial score (nSPS) is 10.9. The molecule has 0 unspecified atom stereocenters. The summed E-state index contributed by atoms with van der Waals surface area (Å²) in [5.41, 5.74) is 1.79. The molecule has 2 heterocycles. The van der Waals surface area contributed by atoms with Crippen LogP contribution in [0.5, 0.6) is 0 Å². The number of hydrogen-bond acceptors (Lipinski definition) is 5. The molecule has 0 spiro atoms. The zero-order valence-corrected chi connectivity index (χ0v) is 10.0. The molecule has 2 aromatic heterocycles. The SMILES string of the molecule is COCCNCc1cc(-c2ccnn2C)on1. The number of aromatic nitrogens is 3. The number of nitrogens with zero attached hydrogens (tertiary/aromatic N) is 3. The van der Waals surface area contributed by atoms with E-state index < -0.39 is 0 Å². The Balaban J connectivity index is 1.95. The number of nitrogens with one attached hydrogen (secondary N) is 1. The summed E-state index contributed by atoms with van der Waals surface area (Å²) in [6.07, 6.45) is 1.73. The third kappa shape index (κ3) is 2.92. The Bertz CT molecular complexity index is 463. The monoisotopic (exact) mass is 236 g/mol. The van der Waals surface area contributed by atoms with Gasteiger partial charge in [0.25, 0.3) is 0 Å². The van der Waals surface area contributed by atoms with Crippen LogP contribution >= 0.6 is 0 Å².